The summed E-state index contributed by atoms with van der Waals surface area (Å²) >= 11 is 0. The van der Waals surface area contributed by atoms with Crippen molar-refractivity contribution in [3.8, 4) is 11.5 Å². The Kier molecular flexibility index (Phi) is 5.08. The minimum Gasteiger partial charge on any atom is -0.486 e. The van der Waals surface area contributed by atoms with Crippen molar-refractivity contribution in [2.24, 2.45) is 0 Å². The zero-order valence-corrected chi connectivity index (χ0v) is 13.8. The van der Waals surface area contributed by atoms with Gasteiger partial charge < -0.3 is 25.4 Å². The Morgan fingerprint density at radius 2 is 2.04 bits per heavy atom. The van der Waals surface area contributed by atoms with Crippen LogP contribution in [0, 0.1) is 0 Å². The molecule has 7 heteroatoms. The highest BCUT2D eigenvalue weighted by Crippen LogP contribution is 2.32. The highest BCUT2D eigenvalue weighted by Gasteiger charge is 2.23. The standard InChI is InChI=1S/C17H23N3O4/c1-11(12-5-6-14-15(10-12)24-9-8-23-14)19-17(22)20-13-4-2-3-7-18-16(13)21/h5-6,10-11,13H,2-4,7-9H2,1H3,(H,18,21)(H2,19,20,22)/t11-,13+/m1/s1. The Bertz CT molecular complexity index is 620. The van der Waals surface area contributed by atoms with Crippen LogP contribution in [0.5, 0.6) is 11.5 Å². The average Bonchev–Trinajstić information content (AvgIpc) is 2.79. The lowest BCUT2D eigenvalue weighted by Gasteiger charge is -2.22. The first kappa shape index (κ1) is 16.4. The predicted octanol–water partition coefficient (Wildman–Crippen LogP) is 1.49. The Hall–Kier alpha value is -2.44. The summed E-state index contributed by atoms with van der Waals surface area (Å²) in [6.07, 6.45) is 2.53. The second-order valence-electron chi connectivity index (χ2n) is 6.08. The summed E-state index contributed by atoms with van der Waals surface area (Å²) in [5, 5.41) is 8.43. The Balaban J connectivity index is 1.58. The van der Waals surface area contributed by atoms with Crippen molar-refractivity contribution in [2.75, 3.05) is 19.8 Å². The monoisotopic (exact) mass is 333 g/mol. The molecule has 3 amide bonds. The minimum atomic E-state index is -0.472. The quantitative estimate of drug-likeness (QED) is 0.782. The molecule has 1 saturated heterocycles. The molecule has 0 bridgehead atoms. The van der Waals surface area contributed by atoms with E-state index in [0.29, 0.717) is 31.9 Å². The molecule has 2 heterocycles. The molecule has 0 saturated carbocycles. The number of nitrogens with one attached hydrogen (secondary N) is 3. The summed E-state index contributed by atoms with van der Waals surface area (Å²) in [6.45, 7) is 3.63. The molecule has 0 aromatic heterocycles. The van der Waals surface area contributed by atoms with Crippen LogP contribution in [-0.2, 0) is 4.79 Å². The van der Waals surface area contributed by atoms with Gasteiger partial charge in [0.15, 0.2) is 11.5 Å². The molecule has 2 aliphatic heterocycles. The van der Waals surface area contributed by atoms with Crippen molar-refractivity contribution < 1.29 is 19.1 Å². The predicted molar refractivity (Wildman–Crippen MR) is 88.2 cm³/mol. The highest BCUT2D eigenvalue weighted by molar-refractivity contribution is 5.87. The summed E-state index contributed by atoms with van der Waals surface area (Å²) in [4.78, 5) is 24.1. The average molecular weight is 333 g/mol. The van der Waals surface area contributed by atoms with Gasteiger partial charge in [-0.3, -0.25) is 4.79 Å². The van der Waals surface area contributed by atoms with Gasteiger partial charge in [0.25, 0.3) is 0 Å². The van der Waals surface area contributed by atoms with Crippen molar-refractivity contribution in [3.63, 3.8) is 0 Å². The van der Waals surface area contributed by atoms with Crippen LogP contribution in [0.4, 0.5) is 4.79 Å². The number of rotatable bonds is 3. The Morgan fingerprint density at radius 1 is 1.25 bits per heavy atom. The first-order chi connectivity index (χ1) is 11.6. The van der Waals surface area contributed by atoms with Gasteiger partial charge in [0.2, 0.25) is 5.91 Å². The molecule has 1 aromatic rings. The van der Waals surface area contributed by atoms with E-state index in [4.69, 9.17) is 9.47 Å². The molecule has 3 N–H and O–H groups in total. The molecular formula is C17H23N3O4. The molecule has 2 atom stereocenters. The topological polar surface area (TPSA) is 88.7 Å². The van der Waals surface area contributed by atoms with Gasteiger partial charge in [-0.2, -0.15) is 0 Å². The van der Waals surface area contributed by atoms with Crippen molar-refractivity contribution in [3.05, 3.63) is 23.8 Å². The fraction of sp³-hybridized carbons (Fsp3) is 0.529. The molecule has 2 aliphatic rings. The smallest absolute Gasteiger partial charge is 0.315 e. The number of hydrogen-bond donors (Lipinski definition) is 3. The highest BCUT2D eigenvalue weighted by atomic mass is 16.6. The van der Waals surface area contributed by atoms with Gasteiger partial charge >= 0.3 is 6.03 Å². The van der Waals surface area contributed by atoms with Crippen LogP contribution in [-0.4, -0.2) is 37.7 Å². The second kappa shape index (κ2) is 7.42. The number of carbonyl (C=O) groups excluding carboxylic acids is 2. The van der Waals surface area contributed by atoms with Gasteiger partial charge in [0.1, 0.15) is 19.3 Å². The van der Waals surface area contributed by atoms with E-state index in [-0.39, 0.29) is 18.0 Å². The summed E-state index contributed by atoms with van der Waals surface area (Å²) in [5.41, 5.74) is 0.916. The number of hydrogen-bond acceptors (Lipinski definition) is 4. The third kappa shape index (κ3) is 3.90. The van der Waals surface area contributed by atoms with Crippen molar-refractivity contribution >= 4 is 11.9 Å². The van der Waals surface area contributed by atoms with E-state index in [1.807, 2.05) is 25.1 Å². The van der Waals surface area contributed by atoms with Crippen molar-refractivity contribution in [1.29, 1.82) is 0 Å². The lowest BCUT2D eigenvalue weighted by Crippen LogP contribution is -2.49. The normalized spacial score (nSPS) is 21.2. The first-order valence-corrected chi connectivity index (χ1v) is 8.38. The van der Waals surface area contributed by atoms with Gasteiger partial charge in [-0.25, -0.2) is 4.79 Å². The molecule has 7 nitrogen and oxygen atoms in total. The van der Waals surface area contributed by atoms with Crippen LogP contribution in [0.2, 0.25) is 0 Å². The SMILES string of the molecule is C[C@@H](NC(=O)N[C@H]1CCCCNC1=O)c1ccc2c(c1)OCCO2. The van der Waals surface area contributed by atoms with Gasteiger partial charge in [0, 0.05) is 6.54 Å². The minimum absolute atomic E-state index is 0.116. The molecule has 1 fully saturated rings. The molecule has 0 unspecified atom stereocenters. The molecule has 24 heavy (non-hydrogen) atoms. The zero-order chi connectivity index (χ0) is 16.9. The molecule has 130 valence electrons. The van der Waals surface area contributed by atoms with E-state index in [9.17, 15) is 9.59 Å². The molecule has 0 radical (unpaired) electrons. The van der Waals surface area contributed by atoms with Crippen LogP contribution in [0.3, 0.4) is 0 Å². The number of ether oxygens (including phenoxy) is 2. The van der Waals surface area contributed by atoms with E-state index in [2.05, 4.69) is 16.0 Å². The molecule has 0 aliphatic carbocycles. The summed E-state index contributed by atoms with van der Waals surface area (Å²) in [5.74, 6) is 1.29. The fourth-order valence-electron chi connectivity index (χ4n) is 2.89. The van der Waals surface area contributed by atoms with Gasteiger partial charge in [-0.15, -0.1) is 0 Å². The third-order valence-corrected chi connectivity index (χ3v) is 4.25. The van der Waals surface area contributed by atoms with Crippen LogP contribution in [0.1, 0.15) is 37.8 Å². The number of benzene rings is 1. The zero-order valence-electron chi connectivity index (χ0n) is 13.8. The third-order valence-electron chi connectivity index (χ3n) is 4.25. The van der Waals surface area contributed by atoms with Crippen molar-refractivity contribution in [1.82, 2.24) is 16.0 Å². The molecule has 3 rings (SSSR count). The number of carbonyl (C=O) groups is 2. The van der Waals surface area contributed by atoms with Gasteiger partial charge in [-0.1, -0.05) is 6.07 Å². The van der Waals surface area contributed by atoms with Crippen molar-refractivity contribution in [2.45, 2.75) is 38.3 Å². The van der Waals surface area contributed by atoms with E-state index in [1.54, 1.807) is 0 Å². The van der Waals surface area contributed by atoms with Crippen LogP contribution >= 0.6 is 0 Å². The maximum atomic E-state index is 12.2. The van der Waals surface area contributed by atoms with E-state index < -0.39 is 6.04 Å². The van der Waals surface area contributed by atoms with E-state index in [0.717, 1.165) is 24.2 Å². The fourth-order valence-corrected chi connectivity index (χ4v) is 2.89. The second-order valence-corrected chi connectivity index (χ2v) is 6.08. The summed E-state index contributed by atoms with van der Waals surface area (Å²) in [7, 11) is 0. The lowest BCUT2D eigenvalue weighted by atomic mass is 10.1. The Labute approximate surface area is 141 Å². The summed E-state index contributed by atoms with van der Waals surface area (Å²) in [6, 6.07) is 4.59. The molecule has 1 aromatic carbocycles. The van der Waals surface area contributed by atoms with Crippen LogP contribution < -0.4 is 25.4 Å². The first-order valence-electron chi connectivity index (χ1n) is 8.38. The maximum absolute atomic E-state index is 12.2. The molecule has 0 spiro atoms. The van der Waals surface area contributed by atoms with E-state index >= 15 is 0 Å². The number of urea groups is 1. The Morgan fingerprint density at radius 3 is 2.88 bits per heavy atom. The maximum Gasteiger partial charge on any atom is 0.315 e. The largest absolute Gasteiger partial charge is 0.486 e. The number of fused-ring (bicyclic) bond motifs is 1. The number of amides is 3. The van der Waals surface area contributed by atoms with E-state index in [1.165, 1.54) is 0 Å². The molecular weight excluding hydrogens is 310 g/mol. The lowest BCUT2D eigenvalue weighted by molar-refractivity contribution is -0.122. The summed E-state index contributed by atoms with van der Waals surface area (Å²) < 4.78 is 11.1. The van der Waals surface area contributed by atoms with Crippen LogP contribution in [0.25, 0.3) is 0 Å². The van der Waals surface area contributed by atoms with Gasteiger partial charge in [-0.05, 0) is 43.9 Å². The van der Waals surface area contributed by atoms with Gasteiger partial charge in [0.05, 0.1) is 6.04 Å². The van der Waals surface area contributed by atoms with Crippen LogP contribution in [0.15, 0.2) is 18.2 Å².